The van der Waals surface area contributed by atoms with Crippen molar-refractivity contribution in [2.75, 3.05) is 4.72 Å². The Bertz CT molecular complexity index is 662. The summed E-state index contributed by atoms with van der Waals surface area (Å²) >= 11 is 5.55. The van der Waals surface area contributed by atoms with Crippen molar-refractivity contribution in [1.82, 2.24) is 4.98 Å². The minimum absolute atomic E-state index is 0.243. The summed E-state index contributed by atoms with van der Waals surface area (Å²) in [4.78, 5) is 3.26. The lowest BCUT2D eigenvalue weighted by molar-refractivity contribution is 0.570. The van der Waals surface area contributed by atoms with E-state index in [1.807, 2.05) is 0 Å². The van der Waals surface area contributed by atoms with Gasteiger partial charge in [0.1, 0.15) is 4.90 Å². The Hall–Kier alpha value is -1.66. The summed E-state index contributed by atoms with van der Waals surface area (Å²) in [6, 6.07) is 6.71. The third kappa shape index (κ3) is 2.60. The number of hydrogen-bond acceptors (Lipinski definition) is 3. The second kappa shape index (κ2) is 4.91. The first-order valence-corrected chi connectivity index (χ1v) is 6.74. The Labute approximate surface area is 108 Å². The van der Waals surface area contributed by atoms with Crippen LogP contribution in [-0.2, 0) is 10.0 Å². The van der Waals surface area contributed by atoms with Gasteiger partial charge < -0.3 is 0 Å². The molecule has 0 unspecified atom stereocenters. The van der Waals surface area contributed by atoms with Crippen LogP contribution in [0.5, 0.6) is 0 Å². The van der Waals surface area contributed by atoms with E-state index in [2.05, 4.69) is 9.71 Å². The van der Waals surface area contributed by atoms with Crippen LogP contribution in [0.4, 0.5) is 10.1 Å². The van der Waals surface area contributed by atoms with Crippen molar-refractivity contribution in [3.8, 4) is 0 Å². The van der Waals surface area contributed by atoms with Crippen molar-refractivity contribution < 1.29 is 12.8 Å². The van der Waals surface area contributed by atoms with Gasteiger partial charge >= 0.3 is 0 Å². The van der Waals surface area contributed by atoms with Crippen molar-refractivity contribution in [2.24, 2.45) is 0 Å². The molecule has 0 spiro atoms. The lowest BCUT2D eigenvalue weighted by atomic mass is 10.3. The van der Waals surface area contributed by atoms with Gasteiger partial charge in [0.25, 0.3) is 10.0 Å². The zero-order chi connectivity index (χ0) is 13.2. The third-order valence-electron chi connectivity index (χ3n) is 2.14. The molecule has 0 amide bonds. The highest BCUT2D eigenvalue weighted by Gasteiger charge is 2.20. The summed E-state index contributed by atoms with van der Waals surface area (Å²) in [7, 11) is -4.00. The zero-order valence-electron chi connectivity index (χ0n) is 8.97. The maximum Gasteiger partial charge on any atom is 0.264 e. The fourth-order valence-corrected chi connectivity index (χ4v) is 2.71. The molecule has 0 bridgehead atoms. The van der Waals surface area contributed by atoms with E-state index in [1.165, 1.54) is 36.7 Å². The summed E-state index contributed by atoms with van der Waals surface area (Å²) in [6.07, 6.45) is 2.85. The van der Waals surface area contributed by atoms with Crippen molar-refractivity contribution in [3.05, 3.63) is 53.6 Å². The van der Waals surface area contributed by atoms with E-state index in [9.17, 15) is 12.8 Å². The first-order chi connectivity index (χ1) is 8.50. The van der Waals surface area contributed by atoms with Gasteiger partial charge in [0.15, 0.2) is 5.82 Å². The topological polar surface area (TPSA) is 59.1 Å². The fraction of sp³-hybridized carbons (Fsp3) is 0. The monoisotopic (exact) mass is 286 g/mol. The number of nitrogens with zero attached hydrogens (tertiary/aromatic N) is 1. The van der Waals surface area contributed by atoms with Crippen LogP contribution >= 0.6 is 11.6 Å². The smallest absolute Gasteiger partial charge is 0.264 e. The van der Waals surface area contributed by atoms with E-state index >= 15 is 0 Å². The lowest BCUT2D eigenvalue weighted by Crippen LogP contribution is -2.14. The molecule has 0 fully saturated rings. The summed E-state index contributed by atoms with van der Waals surface area (Å²) < 4.78 is 39.8. The summed E-state index contributed by atoms with van der Waals surface area (Å²) in [5.41, 5.74) is 0.296. The van der Waals surface area contributed by atoms with E-state index in [-0.39, 0.29) is 5.02 Å². The first kappa shape index (κ1) is 12.8. The number of nitrogens with one attached hydrogen (secondary N) is 1. The van der Waals surface area contributed by atoms with Gasteiger partial charge in [-0.05, 0) is 24.3 Å². The normalized spacial score (nSPS) is 11.2. The van der Waals surface area contributed by atoms with E-state index in [0.717, 1.165) is 6.07 Å². The molecule has 1 heterocycles. The Morgan fingerprint density at radius 2 is 1.83 bits per heavy atom. The Morgan fingerprint density at radius 1 is 1.17 bits per heavy atom. The van der Waals surface area contributed by atoms with Crippen LogP contribution in [-0.4, -0.2) is 13.4 Å². The molecule has 0 radical (unpaired) electrons. The molecule has 1 aromatic carbocycles. The number of halogens is 2. The molecular weight excluding hydrogens is 279 g/mol. The predicted molar refractivity (Wildman–Crippen MR) is 66.5 cm³/mol. The van der Waals surface area contributed by atoms with Gasteiger partial charge in [0, 0.05) is 12.4 Å². The van der Waals surface area contributed by atoms with E-state index in [4.69, 9.17) is 11.6 Å². The second-order valence-electron chi connectivity index (χ2n) is 3.39. The number of benzene rings is 1. The van der Waals surface area contributed by atoms with Gasteiger partial charge in [0.2, 0.25) is 0 Å². The van der Waals surface area contributed by atoms with E-state index in [1.54, 1.807) is 0 Å². The standard InChI is InChI=1S/C11H8ClFN2O2S/c12-9-2-1-3-10(11(9)13)18(16,17)15-8-4-6-14-7-5-8/h1-7H,(H,14,15). The SMILES string of the molecule is O=S(=O)(Nc1ccncc1)c1cccc(Cl)c1F. The number of rotatable bonds is 3. The minimum atomic E-state index is -4.00. The van der Waals surface area contributed by atoms with Gasteiger partial charge in [-0.15, -0.1) is 0 Å². The van der Waals surface area contributed by atoms with Crippen molar-refractivity contribution in [3.63, 3.8) is 0 Å². The number of hydrogen-bond donors (Lipinski definition) is 1. The second-order valence-corrected chi connectivity index (χ2v) is 5.45. The lowest BCUT2D eigenvalue weighted by Gasteiger charge is -2.08. The maximum atomic E-state index is 13.6. The molecule has 0 aliphatic rings. The third-order valence-corrected chi connectivity index (χ3v) is 3.83. The molecule has 4 nitrogen and oxygen atoms in total. The first-order valence-electron chi connectivity index (χ1n) is 4.87. The number of aromatic nitrogens is 1. The van der Waals surface area contributed by atoms with Crippen LogP contribution in [0.2, 0.25) is 5.02 Å². The van der Waals surface area contributed by atoms with Gasteiger partial charge in [-0.1, -0.05) is 17.7 Å². The molecule has 0 aliphatic carbocycles. The molecule has 2 rings (SSSR count). The maximum absolute atomic E-state index is 13.6. The average Bonchev–Trinajstić information content (AvgIpc) is 2.33. The number of pyridine rings is 1. The molecule has 7 heteroatoms. The van der Waals surface area contributed by atoms with E-state index in [0.29, 0.717) is 5.69 Å². The zero-order valence-corrected chi connectivity index (χ0v) is 10.5. The summed E-state index contributed by atoms with van der Waals surface area (Å²) in [5, 5.41) is -0.243. The van der Waals surface area contributed by atoms with Gasteiger partial charge in [-0.2, -0.15) is 0 Å². The molecule has 0 saturated heterocycles. The molecule has 2 aromatic rings. The Balaban J connectivity index is 2.41. The molecule has 18 heavy (non-hydrogen) atoms. The van der Waals surface area contributed by atoms with Crippen LogP contribution in [0, 0.1) is 5.82 Å². The van der Waals surface area contributed by atoms with Crippen LogP contribution < -0.4 is 4.72 Å². The molecule has 0 saturated carbocycles. The van der Waals surface area contributed by atoms with E-state index < -0.39 is 20.7 Å². The molecule has 0 atom stereocenters. The largest absolute Gasteiger partial charge is 0.279 e. The Kier molecular flexibility index (Phi) is 3.49. The fourth-order valence-electron chi connectivity index (χ4n) is 1.32. The quantitative estimate of drug-likeness (QED) is 0.944. The highest BCUT2D eigenvalue weighted by Crippen LogP contribution is 2.23. The molecular formula is C11H8ClFN2O2S. The Morgan fingerprint density at radius 3 is 2.50 bits per heavy atom. The highest BCUT2D eigenvalue weighted by molar-refractivity contribution is 7.92. The van der Waals surface area contributed by atoms with Crippen molar-refractivity contribution in [2.45, 2.75) is 4.90 Å². The molecule has 94 valence electrons. The van der Waals surface area contributed by atoms with Crippen LogP contribution in [0.15, 0.2) is 47.6 Å². The van der Waals surface area contributed by atoms with Gasteiger partial charge in [0.05, 0.1) is 10.7 Å². The predicted octanol–water partition coefficient (Wildman–Crippen LogP) is 2.67. The summed E-state index contributed by atoms with van der Waals surface area (Å²) in [5.74, 6) is -0.972. The average molecular weight is 287 g/mol. The summed E-state index contributed by atoms with van der Waals surface area (Å²) in [6.45, 7) is 0. The minimum Gasteiger partial charge on any atom is -0.279 e. The van der Waals surface area contributed by atoms with Gasteiger partial charge in [-0.25, -0.2) is 12.8 Å². The highest BCUT2D eigenvalue weighted by atomic mass is 35.5. The number of sulfonamides is 1. The van der Waals surface area contributed by atoms with Gasteiger partial charge in [-0.3, -0.25) is 9.71 Å². The van der Waals surface area contributed by atoms with Crippen LogP contribution in [0.25, 0.3) is 0 Å². The van der Waals surface area contributed by atoms with Crippen molar-refractivity contribution in [1.29, 1.82) is 0 Å². The number of anilines is 1. The van der Waals surface area contributed by atoms with Crippen LogP contribution in [0.3, 0.4) is 0 Å². The molecule has 1 aromatic heterocycles. The molecule has 1 N–H and O–H groups in total. The molecule has 0 aliphatic heterocycles. The van der Waals surface area contributed by atoms with Crippen LogP contribution in [0.1, 0.15) is 0 Å². The van der Waals surface area contributed by atoms with Crippen molar-refractivity contribution >= 4 is 27.3 Å².